The summed E-state index contributed by atoms with van der Waals surface area (Å²) < 4.78 is 4.72. The lowest BCUT2D eigenvalue weighted by atomic mass is 9.69. The Bertz CT molecular complexity index is 365. The summed E-state index contributed by atoms with van der Waals surface area (Å²) in [6, 6.07) is -0.472. The van der Waals surface area contributed by atoms with Crippen LogP contribution in [-0.4, -0.2) is 54.7 Å². The van der Waals surface area contributed by atoms with E-state index in [2.05, 4.69) is 5.32 Å². The summed E-state index contributed by atoms with van der Waals surface area (Å²) in [5.41, 5.74) is -0.833. The average molecular weight is 272 g/mol. The van der Waals surface area contributed by atoms with E-state index in [0.717, 1.165) is 6.42 Å². The Balaban J connectivity index is 2.38. The van der Waals surface area contributed by atoms with Gasteiger partial charge in [0.05, 0.1) is 12.0 Å². The zero-order valence-corrected chi connectivity index (χ0v) is 11.3. The Labute approximate surface area is 111 Å². The van der Waals surface area contributed by atoms with E-state index in [-0.39, 0.29) is 19.7 Å². The van der Waals surface area contributed by atoms with Crippen molar-refractivity contribution in [2.45, 2.75) is 26.2 Å². The fraction of sp³-hybridized carbons (Fsp3) is 0.750. The third kappa shape index (κ3) is 3.84. The largest absolute Gasteiger partial charge is 0.481 e. The fourth-order valence-corrected chi connectivity index (χ4v) is 1.92. The molecule has 0 bridgehead atoms. The number of nitrogens with one attached hydrogen (secondary N) is 1. The second kappa shape index (κ2) is 6.40. The normalized spacial score (nSPS) is 16.1. The van der Waals surface area contributed by atoms with Crippen molar-refractivity contribution in [1.82, 2.24) is 10.2 Å². The van der Waals surface area contributed by atoms with Crippen molar-refractivity contribution in [3.63, 3.8) is 0 Å². The van der Waals surface area contributed by atoms with Crippen molar-refractivity contribution in [3.8, 4) is 0 Å². The summed E-state index contributed by atoms with van der Waals surface area (Å²) in [6.45, 7) is 1.88. The van der Waals surface area contributed by atoms with Gasteiger partial charge in [-0.3, -0.25) is 9.59 Å². The van der Waals surface area contributed by atoms with Gasteiger partial charge < -0.3 is 20.1 Å². The van der Waals surface area contributed by atoms with Gasteiger partial charge >= 0.3 is 18.0 Å². The lowest BCUT2D eigenvalue weighted by molar-refractivity contribution is -0.154. The van der Waals surface area contributed by atoms with Crippen LogP contribution < -0.4 is 5.32 Å². The number of hydrogen-bond donors (Lipinski definition) is 2. The Hall–Kier alpha value is -1.79. The van der Waals surface area contributed by atoms with Crippen LogP contribution in [-0.2, 0) is 14.3 Å². The van der Waals surface area contributed by atoms with Crippen LogP contribution in [0.2, 0.25) is 0 Å². The molecular formula is C12H20N2O5. The van der Waals surface area contributed by atoms with Crippen LogP contribution >= 0.6 is 0 Å². The Morgan fingerprint density at radius 1 is 1.37 bits per heavy atom. The molecule has 1 fully saturated rings. The first-order valence-corrected chi connectivity index (χ1v) is 6.29. The van der Waals surface area contributed by atoms with Crippen molar-refractivity contribution in [1.29, 1.82) is 0 Å². The molecule has 0 aliphatic heterocycles. The molecule has 7 heteroatoms. The number of amides is 2. The number of esters is 1. The Kier molecular flexibility index (Phi) is 5.14. The number of rotatable bonds is 6. The van der Waals surface area contributed by atoms with Crippen molar-refractivity contribution >= 4 is 18.0 Å². The minimum absolute atomic E-state index is 0.0916. The fourth-order valence-electron chi connectivity index (χ4n) is 1.92. The van der Waals surface area contributed by atoms with Crippen molar-refractivity contribution in [3.05, 3.63) is 0 Å². The summed E-state index contributed by atoms with van der Waals surface area (Å²) >= 11 is 0. The van der Waals surface area contributed by atoms with Crippen molar-refractivity contribution < 1.29 is 24.2 Å². The van der Waals surface area contributed by atoms with E-state index in [1.54, 1.807) is 6.92 Å². The first kappa shape index (κ1) is 15.3. The van der Waals surface area contributed by atoms with Gasteiger partial charge in [0, 0.05) is 13.6 Å². The first-order chi connectivity index (χ1) is 8.91. The summed E-state index contributed by atoms with van der Waals surface area (Å²) in [4.78, 5) is 35.2. The molecule has 2 amide bonds. The number of hydrogen-bond acceptors (Lipinski definition) is 4. The molecule has 0 unspecified atom stereocenters. The van der Waals surface area contributed by atoms with Gasteiger partial charge in [0.25, 0.3) is 0 Å². The quantitative estimate of drug-likeness (QED) is 0.684. The number of carboxylic acid groups (broad SMARTS) is 1. The van der Waals surface area contributed by atoms with Gasteiger partial charge in [0.2, 0.25) is 0 Å². The first-order valence-electron chi connectivity index (χ1n) is 6.29. The number of carboxylic acids is 1. The van der Waals surface area contributed by atoms with Gasteiger partial charge in [-0.25, -0.2) is 4.79 Å². The van der Waals surface area contributed by atoms with Crippen LogP contribution in [0.25, 0.3) is 0 Å². The molecule has 1 saturated carbocycles. The third-order valence-corrected chi connectivity index (χ3v) is 3.36. The van der Waals surface area contributed by atoms with E-state index >= 15 is 0 Å². The molecule has 0 aromatic heterocycles. The van der Waals surface area contributed by atoms with E-state index in [1.807, 2.05) is 0 Å². The van der Waals surface area contributed by atoms with Crippen LogP contribution in [0, 0.1) is 5.41 Å². The highest BCUT2D eigenvalue weighted by atomic mass is 16.5. The number of likely N-dealkylation sites (N-methyl/N-ethyl adjacent to an activating group) is 1. The van der Waals surface area contributed by atoms with E-state index in [9.17, 15) is 14.4 Å². The molecule has 0 heterocycles. The maximum absolute atomic E-state index is 11.7. The molecule has 1 rings (SSSR count). The molecule has 0 aromatic rings. The van der Waals surface area contributed by atoms with Crippen LogP contribution in [0.4, 0.5) is 4.79 Å². The van der Waals surface area contributed by atoms with Crippen LogP contribution in [0.3, 0.4) is 0 Å². The molecule has 0 atom stereocenters. The lowest BCUT2D eigenvalue weighted by Crippen LogP contribution is -2.50. The molecule has 0 saturated heterocycles. The number of carbonyl (C=O) groups is 3. The number of aliphatic carboxylic acids is 1. The molecule has 0 radical (unpaired) electrons. The minimum atomic E-state index is -0.882. The van der Waals surface area contributed by atoms with Crippen molar-refractivity contribution in [2.24, 2.45) is 5.41 Å². The zero-order chi connectivity index (χ0) is 14.5. The van der Waals surface area contributed by atoms with Crippen LogP contribution in [0.15, 0.2) is 0 Å². The summed E-state index contributed by atoms with van der Waals surface area (Å²) in [5.74, 6) is -1.37. The highest BCUT2D eigenvalue weighted by molar-refractivity contribution is 5.82. The summed E-state index contributed by atoms with van der Waals surface area (Å²) in [5, 5.41) is 11.7. The van der Waals surface area contributed by atoms with E-state index in [0.29, 0.717) is 12.8 Å². The molecule has 7 nitrogen and oxygen atoms in total. The monoisotopic (exact) mass is 272 g/mol. The number of urea groups is 1. The molecule has 19 heavy (non-hydrogen) atoms. The molecule has 1 aliphatic rings. The second-order valence-electron chi connectivity index (χ2n) is 4.76. The molecule has 1 aliphatic carbocycles. The molecule has 0 spiro atoms. The maximum Gasteiger partial charge on any atom is 0.325 e. The molecule has 108 valence electrons. The predicted molar refractivity (Wildman–Crippen MR) is 66.6 cm³/mol. The van der Waals surface area contributed by atoms with Gasteiger partial charge in [0.1, 0.15) is 6.54 Å². The van der Waals surface area contributed by atoms with Crippen LogP contribution in [0.1, 0.15) is 26.2 Å². The van der Waals surface area contributed by atoms with Crippen molar-refractivity contribution in [2.75, 3.05) is 26.7 Å². The van der Waals surface area contributed by atoms with Gasteiger partial charge in [0.15, 0.2) is 0 Å². The standard InChI is InChI=1S/C12H20N2O5/c1-3-19-9(15)7-14(2)11(18)13-8-12(10(16)17)5-4-6-12/h3-8H2,1-2H3,(H,13,18)(H,16,17). The second-order valence-corrected chi connectivity index (χ2v) is 4.76. The number of nitrogens with zero attached hydrogens (tertiary/aromatic N) is 1. The predicted octanol–water partition coefficient (Wildman–Crippen LogP) is 0.446. The molecule has 2 N–H and O–H groups in total. The molecular weight excluding hydrogens is 252 g/mol. The molecule has 0 aromatic carbocycles. The topological polar surface area (TPSA) is 95.9 Å². The highest BCUT2D eigenvalue weighted by Crippen LogP contribution is 2.40. The van der Waals surface area contributed by atoms with Gasteiger partial charge in [-0.15, -0.1) is 0 Å². The third-order valence-electron chi connectivity index (χ3n) is 3.36. The van der Waals surface area contributed by atoms with Gasteiger partial charge in [-0.1, -0.05) is 6.42 Å². The van der Waals surface area contributed by atoms with E-state index in [4.69, 9.17) is 9.84 Å². The SMILES string of the molecule is CCOC(=O)CN(C)C(=O)NCC1(C(=O)O)CCC1. The van der Waals surface area contributed by atoms with E-state index in [1.165, 1.54) is 11.9 Å². The number of carbonyl (C=O) groups excluding carboxylic acids is 2. The average Bonchev–Trinajstić information content (AvgIpc) is 2.26. The van der Waals surface area contributed by atoms with Gasteiger partial charge in [-0.05, 0) is 19.8 Å². The van der Waals surface area contributed by atoms with Gasteiger partial charge in [-0.2, -0.15) is 0 Å². The smallest absolute Gasteiger partial charge is 0.325 e. The Morgan fingerprint density at radius 3 is 2.42 bits per heavy atom. The summed E-state index contributed by atoms with van der Waals surface area (Å²) in [6.07, 6.45) is 2.01. The lowest BCUT2D eigenvalue weighted by Gasteiger charge is -2.37. The van der Waals surface area contributed by atoms with E-state index < -0.39 is 23.4 Å². The maximum atomic E-state index is 11.7. The summed E-state index contributed by atoms with van der Waals surface area (Å²) in [7, 11) is 1.46. The number of ether oxygens (including phenoxy) is 1. The van der Waals surface area contributed by atoms with Crippen LogP contribution in [0.5, 0.6) is 0 Å². The Morgan fingerprint density at radius 2 is 2.00 bits per heavy atom. The highest BCUT2D eigenvalue weighted by Gasteiger charge is 2.44. The zero-order valence-electron chi connectivity index (χ0n) is 11.3. The minimum Gasteiger partial charge on any atom is -0.481 e.